The lowest BCUT2D eigenvalue weighted by atomic mass is 10.2. The highest BCUT2D eigenvalue weighted by molar-refractivity contribution is 5.91. The topological polar surface area (TPSA) is 108 Å². The lowest BCUT2D eigenvalue weighted by Gasteiger charge is -2.20. The van der Waals surface area contributed by atoms with E-state index in [1.807, 2.05) is 0 Å². The van der Waals surface area contributed by atoms with Crippen molar-refractivity contribution in [2.75, 3.05) is 5.32 Å². The van der Waals surface area contributed by atoms with Gasteiger partial charge in [-0.15, -0.1) is 0 Å². The van der Waals surface area contributed by atoms with Gasteiger partial charge in [0.2, 0.25) is 0 Å². The van der Waals surface area contributed by atoms with Crippen molar-refractivity contribution in [3.63, 3.8) is 0 Å². The van der Waals surface area contributed by atoms with E-state index in [-0.39, 0.29) is 17.0 Å². The molecule has 1 N–H and O–H groups in total. The van der Waals surface area contributed by atoms with Gasteiger partial charge in [-0.1, -0.05) is 0 Å². The molecule has 1 amide bonds. The van der Waals surface area contributed by atoms with E-state index >= 15 is 0 Å². The monoisotopic (exact) mass is 372 g/mol. The Bertz CT molecular complexity index is 869. The highest BCUT2D eigenvalue weighted by atomic mass is 16.6. The van der Waals surface area contributed by atoms with Crippen LogP contribution in [0.25, 0.3) is 0 Å². The van der Waals surface area contributed by atoms with Gasteiger partial charge in [0.1, 0.15) is 11.4 Å². The average molecular weight is 372 g/mol. The van der Waals surface area contributed by atoms with E-state index in [4.69, 9.17) is 9.47 Å². The summed E-state index contributed by atoms with van der Waals surface area (Å²) in [5.41, 5.74) is 0.668. The van der Waals surface area contributed by atoms with Crippen molar-refractivity contribution >= 4 is 23.4 Å². The summed E-state index contributed by atoms with van der Waals surface area (Å²) >= 11 is 0. The molecule has 142 valence electrons. The minimum Gasteiger partial charge on any atom is -0.444 e. The molecule has 0 radical (unpaired) electrons. The van der Waals surface area contributed by atoms with E-state index < -0.39 is 22.6 Å². The molecule has 0 bridgehead atoms. The van der Waals surface area contributed by atoms with Gasteiger partial charge in [-0.05, 0) is 63.6 Å². The standard InChI is InChI=1S/C19H20N2O6/c1-12-11-15(9-10-16(12)20-18(23)27-19(2,3)4)26-17(22)13-5-7-14(8-6-13)21(24)25/h5-11H,1-4H3,(H,20,23). The van der Waals surface area contributed by atoms with Gasteiger partial charge in [-0.2, -0.15) is 0 Å². The van der Waals surface area contributed by atoms with Gasteiger partial charge >= 0.3 is 12.1 Å². The molecule has 0 aliphatic rings. The van der Waals surface area contributed by atoms with Crippen LogP contribution < -0.4 is 10.1 Å². The zero-order valence-corrected chi connectivity index (χ0v) is 15.4. The van der Waals surface area contributed by atoms with E-state index in [0.29, 0.717) is 11.3 Å². The number of nitro groups is 1. The van der Waals surface area contributed by atoms with Crippen molar-refractivity contribution in [2.24, 2.45) is 0 Å². The summed E-state index contributed by atoms with van der Waals surface area (Å²) in [5, 5.41) is 13.3. The number of nitro benzene ring substituents is 1. The van der Waals surface area contributed by atoms with Crippen molar-refractivity contribution in [1.82, 2.24) is 0 Å². The second-order valence-corrected chi connectivity index (χ2v) is 6.80. The molecule has 0 saturated heterocycles. The number of nitrogens with zero attached hydrogens (tertiary/aromatic N) is 1. The largest absolute Gasteiger partial charge is 0.444 e. The van der Waals surface area contributed by atoms with Gasteiger partial charge in [0.05, 0.1) is 10.5 Å². The Morgan fingerprint density at radius 3 is 2.22 bits per heavy atom. The van der Waals surface area contributed by atoms with E-state index in [0.717, 1.165) is 0 Å². The SMILES string of the molecule is Cc1cc(OC(=O)c2ccc([N+](=O)[O-])cc2)ccc1NC(=O)OC(C)(C)C. The van der Waals surface area contributed by atoms with Crippen LogP contribution in [0.2, 0.25) is 0 Å². The molecule has 2 aromatic carbocycles. The predicted molar refractivity (Wildman–Crippen MR) is 99.1 cm³/mol. The molecule has 2 aromatic rings. The Morgan fingerprint density at radius 2 is 1.70 bits per heavy atom. The highest BCUT2D eigenvalue weighted by Crippen LogP contribution is 2.23. The maximum Gasteiger partial charge on any atom is 0.412 e. The number of esters is 1. The van der Waals surface area contributed by atoms with Crippen molar-refractivity contribution in [3.05, 3.63) is 63.7 Å². The number of benzene rings is 2. The number of nitrogens with one attached hydrogen (secondary N) is 1. The predicted octanol–water partition coefficient (Wildman–Crippen LogP) is 4.47. The number of rotatable bonds is 4. The molecule has 0 aliphatic carbocycles. The molecule has 0 spiro atoms. The third-order valence-electron chi connectivity index (χ3n) is 3.36. The third kappa shape index (κ3) is 5.81. The van der Waals surface area contributed by atoms with Gasteiger partial charge in [0, 0.05) is 17.8 Å². The molecule has 0 fully saturated rings. The van der Waals surface area contributed by atoms with Gasteiger partial charge in [0.25, 0.3) is 5.69 Å². The number of non-ortho nitro benzene ring substituents is 1. The Balaban J connectivity index is 2.05. The van der Waals surface area contributed by atoms with Crippen LogP contribution in [0.4, 0.5) is 16.2 Å². The van der Waals surface area contributed by atoms with Crippen molar-refractivity contribution in [1.29, 1.82) is 0 Å². The molecule has 0 aromatic heterocycles. The number of amides is 1. The second kappa shape index (κ2) is 7.86. The van der Waals surface area contributed by atoms with Gasteiger partial charge in [-0.25, -0.2) is 9.59 Å². The normalized spacial score (nSPS) is 10.8. The summed E-state index contributed by atoms with van der Waals surface area (Å²) < 4.78 is 10.5. The smallest absolute Gasteiger partial charge is 0.412 e. The molecule has 2 rings (SSSR count). The number of hydrogen-bond donors (Lipinski definition) is 1. The van der Waals surface area contributed by atoms with Gasteiger partial charge < -0.3 is 9.47 Å². The molecular formula is C19H20N2O6. The zero-order valence-electron chi connectivity index (χ0n) is 15.4. The van der Waals surface area contributed by atoms with E-state index in [9.17, 15) is 19.7 Å². The fourth-order valence-electron chi connectivity index (χ4n) is 2.14. The van der Waals surface area contributed by atoms with Crippen LogP contribution in [0.3, 0.4) is 0 Å². The number of carbonyl (C=O) groups excluding carboxylic acids is 2. The Kier molecular flexibility index (Phi) is 5.79. The molecular weight excluding hydrogens is 352 g/mol. The lowest BCUT2D eigenvalue weighted by molar-refractivity contribution is -0.384. The molecule has 0 aliphatic heterocycles. The molecule has 8 nitrogen and oxygen atoms in total. The van der Waals surface area contributed by atoms with Crippen LogP contribution >= 0.6 is 0 Å². The maximum atomic E-state index is 12.1. The summed E-state index contributed by atoms with van der Waals surface area (Å²) in [4.78, 5) is 34.1. The molecule has 27 heavy (non-hydrogen) atoms. The fourth-order valence-corrected chi connectivity index (χ4v) is 2.14. The number of carbonyl (C=O) groups is 2. The summed E-state index contributed by atoms with van der Waals surface area (Å²) in [5.74, 6) is -0.359. The second-order valence-electron chi connectivity index (χ2n) is 6.80. The maximum absolute atomic E-state index is 12.1. The first-order valence-electron chi connectivity index (χ1n) is 8.12. The summed E-state index contributed by atoms with van der Waals surface area (Å²) in [6.45, 7) is 7.04. The Labute approximate surface area is 156 Å². The molecule has 0 unspecified atom stereocenters. The molecule has 0 atom stereocenters. The summed E-state index contributed by atoms with van der Waals surface area (Å²) in [7, 11) is 0. The number of anilines is 1. The first-order valence-corrected chi connectivity index (χ1v) is 8.12. The number of aryl methyl sites for hydroxylation is 1. The Morgan fingerprint density at radius 1 is 1.07 bits per heavy atom. The quantitative estimate of drug-likeness (QED) is 0.367. The molecule has 0 saturated carbocycles. The van der Waals surface area contributed by atoms with Crippen LogP contribution in [0.1, 0.15) is 36.7 Å². The first-order chi connectivity index (χ1) is 12.5. The van der Waals surface area contributed by atoms with Crippen LogP contribution in [-0.2, 0) is 4.74 Å². The van der Waals surface area contributed by atoms with Crippen LogP contribution in [0, 0.1) is 17.0 Å². The van der Waals surface area contributed by atoms with Crippen LogP contribution in [0.5, 0.6) is 5.75 Å². The number of hydrogen-bond acceptors (Lipinski definition) is 6. The van der Waals surface area contributed by atoms with Crippen molar-refractivity contribution in [3.8, 4) is 5.75 Å². The minimum absolute atomic E-state index is 0.111. The van der Waals surface area contributed by atoms with Crippen molar-refractivity contribution in [2.45, 2.75) is 33.3 Å². The average Bonchev–Trinajstić information content (AvgIpc) is 2.55. The minimum atomic E-state index is -0.642. The van der Waals surface area contributed by atoms with E-state index in [1.54, 1.807) is 39.8 Å². The summed E-state index contributed by atoms with van der Waals surface area (Å²) in [6.07, 6.45) is -0.582. The summed E-state index contributed by atoms with van der Waals surface area (Å²) in [6, 6.07) is 9.83. The lowest BCUT2D eigenvalue weighted by Crippen LogP contribution is -2.27. The highest BCUT2D eigenvalue weighted by Gasteiger charge is 2.17. The van der Waals surface area contributed by atoms with E-state index in [1.165, 1.54) is 30.3 Å². The molecule has 8 heteroatoms. The van der Waals surface area contributed by atoms with Crippen LogP contribution in [0.15, 0.2) is 42.5 Å². The first kappa shape index (κ1) is 19.9. The zero-order chi connectivity index (χ0) is 20.2. The molecule has 0 heterocycles. The van der Waals surface area contributed by atoms with Gasteiger partial charge in [-0.3, -0.25) is 15.4 Å². The third-order valence-corrected chi connectivity index (χ3v) is 3.36. The van der Waals surface area contributed by atoms with Crippen molar-refractivity contribution < 1.29 is 24.0 Å². The van der Waals surface area contributed by atoms with Crippen LogP contribution in [-0.4, -0.2) is 22.6 Å². The number of ether oxygens (including phenoxy) is 2. The fraction of sp³-hybridized carbons (Fsp3) is 0.263. The Hall–Kier alpha value is -3.42. The van der Waals surface area contributed by atoms with E-state index in [2.05, 4.69) is 5.32 Å². The van der Waals surface area contributed by atoms with Gasteiger partial charge in [0.15, 0.2) is 0 Å².